The summed E-state index contributed by atoms with van der Waals surface area (Å²) in [4.78, 5) is 0. The van der Waals surface area contributed by atoms with E-state index < -0.39 is 0 Å². The van der Waals surface area contributed by atoms with Gasteiger partial charge in [0, 0.05) is 18.7 Å². The second kappa shape index (κ2) is 6.58. The zero-order valence-electron chi connectivity index (χ0n) is 12.9. The van der Waals surface area contributed by atoms with Gasteiger partial charge in [0.1, 0.15) is 11.0 Å². The Morgan fingerprint density at radius 1 is 1.38 bits per heavy atom. The van der Waals surface area contributed by atoms with Crippen molar-refractivity contribution in [2.45, 2.75) is 33.2 Å². The molecule has 5 heteroatoms. The van der Waals surface area contributed by atoms with E-state index in [-0.39, 0.29) is 11.9 Å². The van der Waals surface area contributed by atoms with Crippen molar-refractivity contribution in [1.82, 2.24) is 15.1 Å². The summed E-state index contributed by atoms with van der Waals surface area (Å²) in [5.41, 5.74) is 3.69. The van der Waals surface area contributed by atoms with E-state index in [0.29, 0.717) is 10.7 Å². The summed E-state index contributed by atoms with van der Waals surface area (Å²) in [6.07, 6.45) is 0.734. The summed E-state index contributed by atoms with van der Waals surface area (Å²) in [6.45, 7) is 6.63. The Balaban J connectivity index is 2.32. The van der Waals surface area contributed by atoms with E-state index in [1.54, 1.807) is 11.6 Å². The normalized spacial score (nSPS) is 12.7. The Hall–Kier alpha value is -1.39. The summed E-state index contributed by atoms with van der Waals surface area (Å²) in [6, 6.07) is 5.33. The molecule has 1 N–H and O–H groups in total. The number of halogens is 2. The maximum Gasteiger partial charge on any atom is 0.130 e. The Bertz CT molecular complexity index is 637. The van der Waals surface area contributed by atoms with Gasteiger partial charge in [0.15, 0.2) is 0 Å². The molecule has 0 radical (unpaired) electrons. The molecule has 0 amide bonds. The van der Waals surface area contributed by atoms with Gasteiger partial charge in [-0.25, -0.2) is 4.39 Å². The monoisotopic (exact) mass is 309 g/mol. The number of rotatable bonds is 5. The summed E-state index contributed by atoms with van der Waals surface area (Å²) < 4.78 is 15.1. The molecule has 2 aromatic rings. The smallest absolute Gasteiger partial charge is 0.130 e. The van der Waals surface area contributed by atoms with Crippen molar-refractivity contribution in [3.63, 3.8) is 0 Å². The van der Waals surface area contributed by atoms with Crippen LogP contribution in [0.2, 0.25) is 5.15 Å². The molecule has 0 aliphatic rings. The lowest BCUT2D eigenvalue weighted by atomic mass is 9.97. The number of hydrogen-bond acceptors (Lipinski definition) is 2. The van der Waals surface area contributed by atoms with Gasteiger partial charge in [-0.15, -0.1) is 0 Å². The predicted molar refractivity (Wildman–Crippen MR) is 84.2 cm³/mol. The van der Waals surface area contributed by atoms with Crippen molar-refractivity contribution in [3.8, 4) is 0 Å². The van der Waals surface area contributed by atoms with Crippen molar-refractivity contribution in [2.24, 2.45) is 7.05 Å². The van der Waals surface area contributed by atoms with E-state index in [9.17, 15) is 4.39 Å². The fraction of sp³-hybridized carbons (Fsp3) is 0.438. The molecule has 1 unspecified atom stereocenters. The maximum absolute atomic E-state index is 13.5. The van der Waals surface area contributed by atoms with Gasteiger partial charge in [0.2, 0.25) is 0 Å². The second-order valence-electron chi connectivity index (χ2n) is 5.30. The van der Waals surface area contributed by atoms with Gasteiger partial charge < -0.3 is 5.32 Å². The fourth-order valence-corrected chi connectivity index (χ4v) is 2.80. The van der Waals surface area contributed by atoms with Crippen LogP contribution < -0.4 is 5.32 Å². The third-order valence-electron chi connectivity index (χ3n) is 3.71. The van der Waals surface area contributed by atoms with Crippen molar-refractivity contribution in [2.75, 3.05) is 6.54 Å². The van der Waals surface area contributed by atoms with Gasteiger partial charge >= 0.3 is 0 Å². The van der Waals surface area contributed by atoms with E-state index in [2.05, 4.69) is 17.3 Å². The van der Waals surface area contributed by atoms with Crippen LogP contribution in [0.3, 0.4) is 0 Å². The minimum absolute atomic E-state index is 0.0923. The zero-order valence-corrected chi connectivity index (χ0v) is 13.6. The van der Waals surface area contributed by atoms with Gasteiger partial charge in [-0.3, -0.25) is 4.68 Å². The first-order chi connectivity index (χ1) is 9.93. The van der Waals surface area contributed by atoms with Gasteiger partial charge in [-0.2, -0.15) is 5.10 Å². The number of nitrogens with zero attached hydrogens (tertiary/aromatic N) is 2. The minimum Gasteiger partial charge on any atom is -0.310 e. The third-order valence-corrected chi connectivity index (χ3v) is 4.19. The van der Waals surface area contributed by atoms with Crippen LogP contribution in [0.4, 0.5) is 4.39 Å². The lowest BCUT2D eigenvalue weighted by Crippen LogP contribution is -2.23. The van der Waals surface area contributed by atoms with E-state index >= 15 is 0 Å². The van der Waals surface area contributed by atoms with Crippen LogP contribution in [-0.4, -0.2) is 16.3 Å². The van der Waals surface area contributed by atoms with Crippen LogP contribution in [0.1, 0.15) is 35.3 Å². The molecule has 0 spiro atoms. The van der Waals surface area contributed by atoms with Crippen LogP contribution in [0.25, 0.3) is 0 Å². The molecule has 0 aliphatic heterocycles. The largest absolute Gasteiger partial charge is 0.310 e. The SMILES string of the molecule is CCNC(Cc1c(C)nn(C)c1Cl)c1ccc(F)c(C)c1. The van der Waals surface area contributed by atoms with Gasteiger partial charge in [0.25, 0.3) is 0 Å². The fourth-order valence-electron chi connectivity index (χ4n) is 2.55. The number of benzene rings is 1. The van der Waals surface area contributed by atoms with E-state index in [1.165, 1.54) is 6.07 Å². The predicted octanol–water partition coefficient (Wildman–Crippen LogP) is 3.72. The molecule has 0 saturated heterocycles. The highest BCUT2D eigenvalue weighted by Gasteiger charge is 2.18. The second-order valence-corrected chi connectivity index (χ2v) is 5.66. The van der Waals surface area contributed by atoms with Crippen molar-refractivity contribution >= 4 is 11.6 Å². The molecule has 114 valence electrons. The summed E-state index contributed by atoms with van der Waals surface area (Å²) >= 11 is 6.31. The number of hydrogen-bond donors (Lipinski definition) is 1. The van der Waals surface area contributed by atoms with Crippen molar-refractivity contribution in [1.29, 1.82) is 0 Å². The van der Waals surface area contributed by atoms with Crippen LogP contribution in [0.5, 0.6) is 0 Å². The lowest BCUT2D eigenvalue weighted by molar-refractivity contribution is 0.545. The molecule has 0 fully saturated rings. The Labute approximate surface area is 130 Å². The average Bonchev–Trinajstić information content (AvgIpc) is 2.68. The highest BCUT2D eigenvalue weighted by Crippen LogP contribution is 2.26. The first kappa shape index (κ1) is 16.0. The molecule has 1 aromatic heterocycles. The molecule has 0 saturated carbocycles. The molecule has 2 rings (SSSR count). The van der Waals surface area contributed by atoms with E-state index in [1.807, 2.05) is 26.1 Å². The summed E-state index contributed by atoms with van der Waals surface area (Å²) in [5, 5.41) is 8.45. The molecule has 1 heterocycles. The standard InChI is InChI=1S/C16H21ClFN3/c1-5-19-15(12-6-7-14(18)10(2)8-12)9-13-11(3)20-21(4)16(13)17/h6-8,15,19H,5,9H2,1-4H3. The topological polar surface area (TPSA) is 29.9 Å². The Morgan fingerprint density at radius 2 is 2.10 bits per heavy atom. The molecule has 1 atom stereocenters. The Kier molecular flexibility index (Phi) is 5.01. The van der Waals surface area contributed by atoms with Gasteiger partial charge in [-0.1, -0.05) is 30.7 Å². The van der Waals surface area contributed by atoms with Crippen molar-refractivity contribution in [3.05, 3.63) is 51.6 Å². The molecule has 0 aliphatic carbocycles. The lowest BCUT2D eigenvalue weighted by Gasteiger charge is -2.19. The molecule has 21 heavy (non-hydrogen) atoms. The molecular weight excluding hydrogens is 289 g/mol. The van der Waals surface area contributed by atoms with Crippen LogP contribution >= 0.6 is 11.6 Å². The van der Waals surface area contributed by atoms with E-state index in [0.717, 1.165) is 29.8 Å². The first-order valence-electron chi connectivity index (χ1n) is 7.11. The van der Waals surface area contributed by atoms with Crippen molar-refractivity contribution < 1.29 is 4.39 Å². The van der Waals surface area contributed by atoms with Crippen LogP contribution in [-0.2, 0) is 13.5 Å². The van der Waals surface area contributed by atoms with Gasteiger partial charge in [0.05, 0.1) is 5.69 Å². The number of nitrogens with one attached hydrogen (secondary N) is 1. The summed E-state index contributed by atoms with van der Waals surface area (Å²) in [7, 11) is 1.84. The molecule has 1 aromatic carbocycles. The molecule has 0 bridgehead atoms. The quantitative estimate of drug-likeness (QED) is 0.912. The Morgan fingerprint density at radius 3 is 2.62 bits per heavy atom. The zero-order chi connectivity index (χ0) is 15.6. The van der Waals surface area contributed by atoms with Crippen LogP contribution in [0.15, 0.2) is 18.2 Å². The summed E-state index contributed by atoms with van der Waals surface area (Å²) in [5.74, 6) is -0.176. The average molecular weight is 310 g/mol. The third kappa shape index (κ3) is 3.44. The van der Waals surface area contributed by atoms with E-state index in [4.69, 9.17) is 11.6 Å². The number of aryl methyl sites for hydroxylation is 3. The number of likely N-dealkylation sites (N-methyl/N-ethyl adjacent to an activating group) is 1. The molecular formula is C16H21ClFN3. The molecule has 3 nitrogen and oxygen atoms in total. The highest BCUT2D eigenvalue weighted by molar-refractivity contribution is 6.30. The maximum atomic E-state index is 13.5. The van der Waals surface area contributed by atoms with Gasteiger partial charge in [-0.05, 0) is 44.0 Å². The first-order valence-corrected chi connectivity index (χ1v) is 7.49. The minimum atomic E-state index is -0.176. The number of aromatic nitrogens is 2. The van der Waals surface area contributed by atoms with Crippen LogP contribution in [0, 0.1) is 19.7 Å². The highest BCUT2D eigenvalue weighted by atomic mass is 35.5.